The third-order valence-electron chi connectivity index (χ3n) is 4.81. The van der Waals surface area contributed by atoms with Gasteiger partial charge in [0.25, 0.3) is 0 Å². The molecule has 0 atom stereocenters. The number of benzene rings is 1. The van der Waals surface area contributed by atoms with Crippen molar-refractivity contribution in [2.45, 2.75) is 53.0 Å². The van der Waals surface area contributed by atoms with Crippen LogP contribution in [0.2, 0.25) is 0 Å². The number of hydrogen-bond acceptors (Lipinski definition) is 2. The molecule has 0 unspecified atom stereocenters. The maximum Gasteiger partial charge on any atom is 0.221 e. The summed E-state index contributed by atoms with van der Waals surface area (Å²) in [5.74, 6) is 0.804. The van der Waals surface area contributed by atoms with Crippen LogP contribution in [0.3, 0.4) is 0 Å². The Morgan fingerprint density at radius 3 is 2.56 bits per heavy atom. The number of carbonyl (C=O) groups is 1. The molecular weight excluding hydrogens is 427 g/mol. The second-order valence-electron chi connectivity index (χ2n) is 6.64. The molecule has 6 heteroatoms. The zero-order valence-electron chi connectivity index (χ0n) is 15.5. The number of rotatable bonds is 7. The molecule has 140 valence electrons. The van der Waals surface area contributed by atoms with Crippen LogP contribution in [0.5, 0.6) is 0 Å². The van der Waals surface area contributed by atoms with Crippen molar-refractivity contribution in [1.29, 1.82) is 0 Å². The summed E-state index contributed by atoms with van der Waals surface area (Å²) in [4.78, 5) is 15.8. The Morgan fingerprint density at radius 1 is 1.24 bits per heavy atom. The van der Waals surface area contributed by atoms with E-state index in [1.165, 1.54) is 32.6 Å². The summed E-state index contributed by atoms with van der Waals surface area (Å²) in [5, 5.41) is 9.62. The number of carbonyl (C=O) groups excluding carboxylic acids is 1. The summed E-state index contributed by atoms with van der Waals surface area (Å²) in [5.41, 5.74) is 2.35. The van der Waals surface area contributed by atoms with Crippen molar-refractivity contribution in [2.24, 2.45) is 10.4 Å². The third-order valence-corrected chi connectivity index (χ3v) is 4.81. The normalized spacial score (nSPS) is 15.6. The number of halogens is 1. The van der Waals surface area contributed by atoms with Crippen molar-refractivity contribution in [3.8, 4) is 0 Å². The molecule has 1 aliphatic carbocycles. The molecule has 1 aliphatic rings. The van der Waals surface area contributed by atoms with Crippen molar-refractivity contribution in [1.82, 2.24) is 10.6 Å². The van der Waals surface area contributed by atoms with Gasteiger partial charge in [0, 0.05) is 25.7 Å². The summed E-state index contributed by atoms with van der Waals surface area (Å²) in [6.45, 7) is 8.29. The van der Waals surface area contributed by atoms with Crippen LogP contribution in [-0.4, -0.2) is 25.0 Å². The van der Waals surface area contributed by atoms with E-state index in [2.05, 4.69) is 34.8 Å². The average molecular weight is 458 g/mol. The van der Waals surface area contributed by atoms with Gasteiger partial charge in [-0.05, 0) is 49.3 Å². The van der Waals surface area contributed by atoms with Crippen LogP contribution in [0.25, 0.3) is 0 Å². The van der Waals surface area contributed by atoms with Gasteiger partial charge in [-0.3, -0.25) is 4.79 Å². The Balaban J connectivity index is 0.00000312. The van der Waals surface area contributed by atoms with Crippen LogP contribution < -0.4 is 16.0 Å². The molecule has 0 heterocycles. The second-order valence-corrected chi connectivity index (χ2v) is 6.64. The molecule has 2 rings (SSSR count). The van der Waals surface area contributed by atoms with Crippen LogP contribution in [-0.2, 0) is 11.3 Å². The predicted octanol–water partition coefficient (Wildman–Crippen LogP) is 3.90. The van der Waals surface area contributed by atoms with Gasteiger partial charge in [0.05, 0.1) is 6.54 Å². The molecule has 0 bridgehead atoms. The Kier molecular flexibility index (Phi) is 9.24. The van der Waals surface area contributed by atoms with Gasteiger partial charge in [0.1, 0.15) is 0 Å². The largest absolute Gasteiger partial charge is 0.357 e. The lowest BCUT2D eigenvalue weighted by Crippen LogP contribution is -2.46. The van der Waals surface area contributed by atoms with E-state index >= 15 is 0 Å². The molecule has 25 heavy (non-hydrogen) atoms. The minimum atomic E-state index is -0.0592. The summed E-state index contributed by atoms with van der Waals surface area (Å²) in [6.07, 6.45) is 5.20. The summed E-state index contributed by atoms with van der Waals surface area (Å²) < 4.78 is 0. The fourth-order valence-electron chi connectivity index (χ4n) is 3.07. The highest BCUT2D eigenvalue weighted by Gasteiger charge is 2.34. The molecule has 0 radical (unpaired) electrons. The number of guanidine groups is 1. The minimum Gasteiger partial charge on any atom is -0.357 e. The Labute approximate surface area is 168 Å². The van der Waals surface area contributed by atoms with Gasteiger partial charge in [0.2, 0.25) is 5.91 Å². The van der Waals surface area contributed by atoms with Crippen LogP contribution in [0.4, 0.5) is 5.69 Å². The molecule has 0 aromatic heterocycles. The SMILES string of the molecule is CCNC(=NCc1cccc(NC(C)=O)c1)NCC1(CC)CCC1.I. The Bertz CT molecular complexity index is 579. The van der Waals surface area contributed by atoms with E-state index in [4.69, 9.17) is 0 Å². The van der Waals surface area contributed by atoms with Crippen LogP contribution in [0.15, 0.2) is 29.3 Å². The van der Waals surface area contributed by atoms with Crippen molar-refractivity contribution < 1.29 is 4.79 Å². The van der Waals surface area contributed by atoms with E-state index in [1.54, 1.807) is 0 Å². The molecule has 1 saturated carbocycles. The van der Waals surface area contributed by atoms with Crippen molar-refractivity contribution in [3.63, 3.8) is 0 Å². The first-order valence-electron chi connectivity index (χ1n) is 8.95. The third kappa shape index (κ3) is 6.84. The van der Waals surface area contributed by atoms with E-state index in [1.807, 2.05) is 24.3 Å². The average Bonchev–Trinajstić information content (AvgIpc) is 2.51. The molecule has 0 aliphatic heterocycles. The van der Waals surface area contributed by atoms with Crippen molar-refractivity contribution in [3.05, 3.63) is 29.8 Å². The lowest BCUT2D eigenvalue weighted by Gasteiger charge is -2.41. The molecule has 0 saturated heterocycles. The number of aliphatic imine (C=N–C) groups is 1. The van der Waals surface area contributed by atoms with Gasteiger partial charge in [0.15, 0.2) is 5.96 Å². The van der Waals surface area contributed by atoms with E-state index in [0.717, 1.165) is 30.3 Å². The highest BCUT2D eigenvalue weighted by Crippen LogP contribution is 2.42. The van der Waals surface area contributed by atoms with E-state index in [-0.39, 0.29) is 29.9 Å². The standard InChI is InChI=1S/C19H30N4O.HI/c1-4-19(10-7-11-19)14-22-18(20-5-2)21-13-16-8-6-9-17(12-16)23-15(3)24;/h6,8-9,12H,4-5,7,10-11,13-14H2,1-3H3,(H,23,24)(H2,20,21,22);1H. The van der Waals surface area contributed by atoms with E-state index < -0.39 is 0 Å². The fourth-order valence-corrected chi connectivity index (χ4v) is 3.07. The lowest BCUT2D eigenvalue weighted by molar-refractivity contribution is -0.114. The van der Waals surface area contributed by atoms with Gasteiger partial charge in [-0.25, -0.2) is 4.99 Å². The van der Waals surface area contributed by atoms with Gasteiger partial charge in [-0.1, -0.05) is 25.5 Å². The first-order valence-corrected chi connectivity index (χ1v) is 8.95. The monoisotopic (exact) mass is 458 g/mol. The first kappa shape index (κ1) is 21.7. The summed E-state index contributed by atoms with van der Waals surface area (Å²) >= 11 is 0. The lowest BCUT2D eigenvalue weighted by atomic mass is 9.67. The highest BCUT2D eigenvalue weighted by molar-refractivity contribution is 14.0. The molecule has 1 aromatic rings. The number of nitrogens with one attached hydrogen (secondary N) is 3. The van der Waals surface area contributed by atoms with E-state index in [0.29, 0.717) is 12.0 Å². The van der Waals surface area contributed by atoms with Gasteiger partial charge in [-0.2, -0.15) is 0 Å². The maximum atomic E-state index is 11.2. The first-order chi connectivity index (χ1) is 11.6. The zero-order chi connectivity index (χ0) is 17.4. The van der Waals surface area contributed by atoms with Gasteiger partial charge < -0.3 is 16.0 Å². The van der Waals surface area contributed by atoms with Crippen molar-refractivity contribution >= 4 is 41.5 Å². The summed E-state index contributed by atoms with van der Waals surface area (Å²) in [7, 11) is 0. The molecule has 0 spiro atoms. The topological polar surface area (TPSA) is 65.5 Å². The molecular formula is C19H31IN4O. The number of amides is 1. The molecule has 1 fully saturated rings. The van der Waals surface area contributed by atoms with Crippen molar-refractivity contribution in [2.75, 3.05) is 18.4 Å². The second kappa shape index (κ2) is 10.6. The number of hydrogen-bond donors (Lipinski definition) is 3. The molecule has 1 amide bonds. The minimum absolute atomic E-state index is 0. The molecule has 3 N–H and O–H groups in total. The van der Waals surface area contributed by atoms with Crippen LogP contribution in [0.1, 0.15) is 52.0 Å². The molecule has 5 nitrogen and oxygen atoms in total. The summed E-state index contributed by atoms with van der Waals surface area (Å²) in [6, 6.07) is 7.82. The molecule has 1 aromatic carbocycles. The zero-order valence-corrected chi connectivity index (χ0v) is 17.9. The van der Waals surface area contributed by atoms with Gasteiger partial charge in [-0.15, -0.1) is 24.0 Å². The maximum absolute atomic E-state index is 11.2. The number of nitrogens with zero attached hydrogens (tertiary/aromatic N) is 1. The van der Waals surface area contributed by atoms with Crippen LogP contribution in [0, 0.1) is 5.41 Å². The van der Waals surface area contributed by atoms with Crippen LogP contribution >= 0.6 is 24.0 Å². The number of anilines is 1. The fraction of sp³-hybridized carbons (Fsp3) is 0.579. The Hall–Kier alpha value is -1.31. The van der Waals surface area contributed by atoms with E-state index in [9.17, 15) is 4.79 Å². The quantitative estimate of drug-likeness (QED) is 0.330. The Morgan fingerprint density at radius 2 is 2.00 bits per heavy atom. The highest BCUT2D eigenvalue weighted by atomic mass is 127. The van der Waals surface area contributed by atoms with Gasteiger partial charge >= 0.3 is 0 Å². The predicted molar refractivity (Wildman–Crippen MR) is 116 cm³/mol. The smallest absolute Gasteiger partial charge is 0.221 e.